The Morgan fingerprint density at radius 1 is 1.22 bits per heavy atom. The summed E-state index contributed by atoms with van der Waals surface area (Å²) in [6.45, 7) is 2.23. The maximum absolute atomic E-state index is 7.84. The fraction of sp³-hybridized carbons (Fsp3) is 0.111. The molecule has 9 nitrogen and oxygen atoms in total. The Kier molecular flexibility index (Phi) is 5.43. The molecular weight excluding hydrogens is 342 g/mol. The Balaban J connectivity index is 1.76. The summed E-state index contributed by atoms with van der Waals surface area (Å²) in [5, 5.41) is 14.9. The molecule has 3 aromatic rings. The normalized spacial score (nSPS) is 11.3. The number of anilines is 3. The van der Waals surface area contributed by atoms with E-state index in [9.17, 15) is 0 Å². The second kappa shape index (κ2) is 8.11. The van der Waals surface area contributed by atoms with Gasteiger partial charge in [-0.25, -0.2) is 15.8 Å². The van der Waals surface area contributed by atoms with E-state index < -0.39 is 0 Å². The van der Waals surface area contributed by atoms with Crippen LogP contribution in [0.25, 0.3) is 10.9 Å². The number of nitrogens with zero attached hydrogens (tertiary/aromatic N) is 3. The Labute approximate surface area is 156 Å². The predicted molar refractivity (Wildman–Crippen MR) is 108 cm³/mol. The van der Waals surface area contributed by atoms with Crippen LogP contribution in [0.4, 0.5) is 17.5 Å². The van der Waals surface area contributed by atoms with Crippen molar-refractivity contribution in [1.82, 2.24) is 15.0 Å². The second-order valence-electron chi connectivity index (χ2n) is 5.91. The van der Waals surface area contributed by atoms with Gasteiger partial charge in [-0.2, -0.15) is 0 Å². The molecule has 1 aromatic carbocycles. The van der Waals surface area contributed by atoms with Crippen molar-refractivity contribution < 1.29 is 0 Å². The highest BCUT2D eigenvalue weighted by Crippen LogP contribution is 2.20. The molecule has 0 atom stereocenters. The van der Waals surface area contributed by atoms with Crippen LogP contribution < -0.4 is 27.6 Å². The van der Waals surface area contributed by atoms with E-state index in [0.717, 1.165) is 16.5 Å². The first-order valence-electron chi connectivity index (χ1n) is 8.25. The van der Waals surface area contributed by atoms with Crippen LogP contribution >= 0.6 is 0 Å². The molecule has 138 valence electrons. The average molecular weight is 363 g/mol. The molecule has 3 rings (SSSR count). The van der Waals surface area contributed by atoms with E-state index in [-0.39, 0.29) is 5.84 Å². The van der Waals surface area contributed by atoms with Crippen molar-refractivity contribution >= 4 is 34.2 Å². The van der Waals surface area contributed by atoms with Gasteiger partial charge in [0.05, 0.1) is 11.7 Å². The predicted octanol–water partition coefficient (Wildman–Crippen LogP) is 2.17. The summed E-state index contributed by atoms with van der Waals surface area (Å²) in [4.78, 5) is 12.9. The van der Waals surface area contributed by atoms with Crippen molar-refractivity contribution in [2.24, 2.45) is 11.6 Å². The number of nitrogens with one attached hydrogen (secondary N) is 4. The van der Waals surface area contributed by atoms with Crippen LogP contribution in [0.5, 0.6) is 0 Å². The van der Waals surface area contributed by atoms with E-state index in [1.54, 1.807) is 13.1 Å². The highest BCUT2D eigenvalue weighted by Gasteiger charge is 2.08. The summed E-state index contributed by atoms with van der Waals surface area (Å²) in [5.41, 5.74) is 10.6. The van der Waals surface area contributed by atoms with Gasteiger partial charge >= 0.3 is 0 Å². The lowest BCUT2D eigenvalue weighted by Gasteiger charge is -2.12. The van der Waals surface area contributed by atoms with Gasteiger partial charge in [0, 0.05) is 23.8 Å². The first-order valence-corrected chi connectivity index (χ1v) is 8.25. The molecule has 0 aliphatic rings. The third-order valence-corrected chi connectivity index (χ3v) is 3.67. The number of fused-ring (bicyclic) bond motifs is 1. The van der Waals surface area contributed by atoms with Crippen molar-refractivity contribution in [3.63, 3.8) is 0 Å². The third-order valence-electron chi connectivity index (χ3n) is 3.67. The lowest BCUT2D eigenvalue weighted by atomic mass is 10.1. The highest BCUT2D eigenvalue weighted by atomic mass is 15.3. The molecule has 27 heavy (non-hydrogen) atoms. The minimum atomic E-state index is 0.116. The summed E-state index contributed by atoms with van der Waals surface area (Å²) in [7, 11) is 0. The summed E-state index contributed by atoms with van der Waals surface area (Å²) >= 11 is 0. The van der Waals surface area contributed by atoms with Crippen molar-refractivity contribution in [3.8, 4) is 0 Å². The van der Waals surface area contributed by atoms with Crippen molar-refractivity contribution in [3.05, 3.63) is 60.1 Å². The van der Waals surface area contributed by atoms with Gasteiger partial charge in [0.2, 0.25) is 0 Å². The van der Waals surface area contributed by atoms with Gasteiger partial charge in [-0.1, -0.05) is 12.1 Å². The molecule has 8 N–H and O–H groups in total. The molecule has 2 aromatic heterocycles. The van der Waals surface area contributed by atoms with Crippen LogP contribution in [0.2, 0.25) is 0 Å². The molecule has 0 radical (unpaired) electrons. The average Bonchev–Trinajstić information content (AvgIpc) is 2.65. The number of allylic oxidation sites excluding steroid dienone is 1. The number of hydrazine groups is 1. The molecular formula is C18H21N9. The maximum Gasteiger partial charge on any atom is 0.183 e. The number of hydrogen-bond donors (Lipinski definition) is 6. The number of amidine groups is 1. The van der Waals surface area contributed by atoms with E-state index in [2.05, 4.69) is 37.1 Å². The number of pyridine rings is 1. The molecule has 0 fully saturated rings. The highest BCUT2D eigenvalue weighted by molar-refractivity contribution is 6.01. The zero-order valence-electron chi connectivity index (χ0n) is 14.8. The first kappa shape index (κ1) is 18.1. The Morgan fingerprint density at radius 2 is 2.07 bits per heavy atom. The van der Waals surface area contributed by atoms with Gasteiger partial charge in [-0.3, -0.25) is 10.4 Å². The summed E-state index contributed by atoms with van der Waals surface area (Å²) in [6, 6.07) is 9.95. The minimum absolute atomic E-state index is 0.116. The zero-order chi connectivity index (χ0) is 19.2. The van der Waals surface area contributed by atoms with E-state index >= 15 is 0 Å². The number of aromatic nitrogens is 3. The van der Waals surface area contributed by atoms with Gasteiger partial charge in [0.25, 0.3) is 0 Å². The van der Waals surface area contributed by atoms with Crippen LogP contribution in [-0.4, -0.2) is 20.8 Å². The summed E-state index contributed by atoms with van der Waals surface area (Å²) in [5.74, 6) is 6.91. The van der Waals surface area contributed by atoms with E-state index in [0.29, 0.717) is 29.7 Å². The van der Waals surface area contributed by atoms with Crippen molar-refractivity contribution in [2.45, 2.75) is 13.5 Å². The Bertz CT molecular complexity index is 993. The zero-order valence-corrected chi connectivity index (χ0v) is 14.8. The lowest BCUT2D eigenvalue weighted by molar-refractivity contribution is 1.08. The third kappa shape index (κ3) is 4.67. The molecule has 0 saturated carbocycles. The fourth-order valence-corrected chi connectivity index (χ4v) is 2.50. The minimum Gasteiger partial charge on any atom is -0.402 e. The summed E-state index contributed by atoms with van der Waals surface area (Å²) in [6.07, 6.45) is 4.75. The van der Waals surface area contributed by atoms with Gasteiger partial charge in [0.15, 0.2) is 17.5 Å². The van der Waals surface area contributed by atoms with Gasteiger partial charge < -0.3 is 21.8 Å². The van der Waals surface area contributed by atoms with Crippen LogP contribution in [0.15, 0.2) is 54.5 Å². The smallest absolute Gasteiger partial charge is 0.183 e. The SMILES string of the molecule is C/C(N)=C/C(=N)Nc1cnc(NN)c(NCc2ccc3ncccc3c2)n1. The van der Waals surface area contributed by atoms with Gasteiger partial charge in [-0.05, 0) is 36.8 Å². The van der Waals surface area contributed by atoms with E-state index in [1.165, 1.54) is 12.3 Å². The Morgan fingerprint density at radius 3 is 2.85 bits per heavy atom. The van der Waals surface area contributed by atoms with Gasteiger partial charge in [-0.15, -0.1) is 0 Å². The largest absolute Gasteiger partial charge is 0.402 e. The van der Waals surface area contributed by atoms with Crippen molar-refractivity contribution in [2.75, 3.05) is 16.1 Å². The van der Waals surface area contributed by atoms with Crippen LogP contribution in [0.3, 0.4) is 0 Å². The van der Waals surface area contributed by atoms with E-state index in [1.807, 2.05) is 24.3 Å². The quantitative estimate of drug-likeness (QED) is 0.169. The molecule has 0 saturated heterocycles. The second-order valence-corrected chi connectivity index (χ2v) is 5.91. The van der Waals surface area contributed by atoms with Gasteiger partial charge in [0.1, 0.15) is 5.84 Å². The number of hydrogen-bond acceptors (Lipinski definition) is 8. The first-order chi connectivity index (χ1) is 13.0. The molecule has 0 spiro atoms. The molecule has 9 heteroatoms. The van der Waals surface area contributed by atoms with Crippen molar-refractivity contribution in [1.29, 1.82) is 5.41 Å². The summed E-state index contributed by atoms with van der Waals surface area (Å²) < 4.78 is 0. The molecule has 0 aliphatic carbocycles. The molecule has 0 bridgehead atoms. The number of benzene rings is 1. The standard InChI is InChI=1S/C18H21N9/c1-11(19)7-15(20)25-16-10-24-18(27-21)17(26-16)23-9-12-4-5-14-13(8-12)3-2-6-22-14/h2-8,10H,9,19,21H2,1H3,(H,24,27)(H3,20,23,25,26)/b11-7-. The number of rotatable bonds is 6. The number of nitrogens with two attached hydrogens (primary N) is 2. The molecule has 0 aliphatic heterocycles. The van der Waals surface area contributed by atoms with E-state index in [4.69, 9.17) is 17.0 Å². The lowest BCUT2D eigenvalue weighted by Crippen LogP contribution is -2.16. The van der Waals surface area contributed by atoms with Crippen LogP contribution in [-0.2, 0) is 6.54 Å². The Hall–Kier alpha value is -3.72. The molecule has 2 heterocycles. The fourth-order valence-electron chi connectivity index (χ4n) is 2.50. The molecule has 0 unspecified atom stereocenters. The van der Waals surface area contributed by atoms with Crippen LogP contribution in [0, 0.1) is 5.41 Å². The number of nitrogen functional groups attached to an aromatic ring is 1. The topological polar surface area (TPSA) is 151 Å². The molecule has 0 amide bonds. The monoisotopic (exact) mass is 363 g/mol. The maximum atomic E-state index is 7.84. The van der Waals surface area contributed by atoms with Crippen LogP contribution in [0.1, 0.15) is 12.5 Å².